The van der Waals surface area contributed by atoms with Gasteiger partial charge in [0, 0.05) is 58.4 Å². The zero-order chi connectivity index (χ0) is 29.3. The van der Waals surface area contributed by atoms with Gasteiger partial charge in [-0.25, -0.2) is 4.98 Å². The molecule has 44 heavy (non-hydrogen) atoms. The van der Waals surface area contributed by atoms with Crippen LogP contribution in [0.5, 0.6) is 0 Å². The summed E-state index contributed by atoms with van der Waals surface area (Å²) in [6.07, 6.45) is 9.26. The number of aromatic nitrogens is 4. The first-order valence-electron chi connectivity index (χ1n) is 14.6. The van der Waals surface area contributed by atoms with Crippen LogP contribution in [0.1, 0.15) is 0 Å². The summed E-state index contributed by atoms with van der Waals surface area (Å²) in [5, 5.41) is 2.18. The summed E-state index contributed by atoms with van der Waals surface area (Å²) in [5.41, 5.74) is 12.8. The maximum atomic E-state index is 5.08. The van der Waals surface area contributed by atoms with E-state index in [0.717, 1.165) is 77.6 Å². The number of hydrogen-bond acceptors (Lipinski definition) is 4. The monoisotopic (exact) mass is 562 g/mol. The van der Waals surface area contributed by atoms with Crippen LogP contribution in [0.3, 0.4) is 0 Å². The minimum atomic E-state index is 0.922. The molecule has 0 aliphatic heterocycles. The van der Waals surface area contributed by atoms with Crippen molar-refractivity contribution in [3.05, 3.63) is 158 Å². The van der Waals surface area contributed by atoms with Gasteiger partial charge in [0.05, 0.1) is 16.7 Å². The van der Waals surface area contributed by atoms with Gasteiger partial charge < -0.3 is 0 Å². The Labute approximate surface area is 255 Å². The zero-order valence-corrected chi connectivity index (χ0v) is 23.8. The van der Waals surface area contributed by atoms with Crippen molar-refractivity contribution in [2.45, 2.75) is 0 Å². The maximum Gasteiger partial charge on any atom is 0.0972 e. The molecule has 0 fully saturated rings. The van der Waals surface area contributed by atoms with Crippen molar-refractivity contribution in [1.29, 1.82) is 0 Å². The minimum absolute atomic E-state index is 0.922. The number of pyridine rings is 4. The SMILES string of the molecule is c1cncc(-c2cc(-c3cccnc3)cc(-c3cccc(-c4cccc(-c5ccc6ccc7cccnc7c6n5)c4)c3)c2)c1. The standard InChI is InChI=1S/C40H26N4/c1-6-29(30-7-2-9-32(21-30)38-16-15-28-14-13-27-10-5-19-43-39(27)40(28)44-38)20-31(8-1)35-22-36(33-11-3-17-41-25-33)24-37(23-35)34-12-4-18-42-26-34/h1-26H. The van der Waals surface area contributed by atoms with Gasteiger partial charge in [0.2, 0.25) is 0 Å². The maximum absolute atomic E-state index is 5.08. The van der Waals surface area contributed by atoms with Gasteiger partial charge in [0.1, 0.15) is 0 Å². The molecule has 0 saturated carbocycles. The third-order valence-corrected chi connectivity index (χ3v) is 8.04. The Hall–Kier alpha value is -6.00. The predicted octanol–water partition coefficient (Wildman–Crippen LogP) is 9.91. The lowest BCUT2D eigenvalue weighted by Crippen LogP contribution is -1.90. The van der Waals surface area contributed by atoms with Crippen molar-refractivity contribution in [1.82, 2.24) is 19.9 Å². The van der Waals surface area contributed by atoms with E-state index in [1.165, 1.54) is 0 Å². The van der Waals surface area contributed by atoms with E-state index in [0.29, 0.717) is 0 Å². The van der Waals surface area contributed by atoms with Crippen LogP contribution in [0.25, 0.3) is 77.6 Å². The molecule has 0 N–H and O–H groups in total. The Morgan fingerprint density at radius 1 is 0.341 bits per heavy atom. The van der Waals surface area contributed by atoms with Crippen molar-refractivity contribution in [3.8, 4) is 55.8 Å². The summed E-state index contributed by atoms with van der Waals surface area (Å²) in [4.78, 5) is 18.4. The number of hydrogen-bond donors (Lipinski definition) is 0. The van der Waals surface area contributed by atoms with Gasteiger partial charge in [0.25, 0.3) is 0 Å². The van der Waals surface area contributed by atoms with Crippen molar-refractivity contribution >= 4 is 21.8 Å². The summed E-state index contributed by atoms with van der Waals surface area (Å²) in [5.74, 6) is 0. The molecule has 0 atom stereocenters. The third-order valence-electron chi connectivity index (χ3n) is 8.04. The van der Waals surface area contributed by atoms with Gasteiger partial charge in [-0.2, -0.15) is 0 Å². The predicted molar refractivity (Wildman–Crippen MR) is 180 cm³/mol. The Bertz CT molecular complexity index is 2220. The quantitative estimate of drug-likeness (QED) is 0.196. The molecule has 4 nitrogen and oxygen atoms in total. The number of nitrogens with zero attached hydrogens (tertiary/aromatic N) is 4. The van der Waals surface area contributed by atoms with Crippen molar-refractivity contribution in [2.75, 3.05) is 0 Å². The highest BCUT2D eigenvalue weighted by Crippen LogP contribution is 2.35. The zero-order valence-electron chi connectivity index (χ0n) is 23.8. The van der Waals surface area contributed by atoms with E-state index in [1.54, 1.807) is 12.4 Å². The molecule has 0 bridgehead atoms. The summed E-state index contributed by atoms with van der Waals surface area (Å²) >= 11 is 0. The first-order chi connectivity index (χ1) is 21.8. The molecule has 4 heterocycles. The lowest BCUT2D eigenvalue weighted by atomic mass is 9.92. The molecular formula is C40H26N4. The molecule has 0 aliphatic rings. The Kier molecular flexibility index (Phi) is 6.43. The van der Waals surface area contributed by atoms with Gasteiger partial charge in [-0.1, -0.05) is 72.8 Å². The summed E-state index contributed by atoms with van der Waals surface area (Å²) < 4.78 is 0. The smallest absolute Gasteiger partial charge is 0.0972 e. The summed E-state index contributed by atoms with van der Waals surface area (Å²) in [6.45, 7) is 0. The molecule has 0 spiro atoms. The average Bonchev–Trinajstić information content (AvgIpc) is 3.12. The van der Waals surface area contributed by atoms with Gasteiger partial charge in [-0.15, -0.1) is 0 Å². The largest absolute Gasteiger partial charge is 0.264 e. The van der Waals surface area contributed by atoms with Crippen LogP contribution in [-0.4, -0.2) is 19.9 Å². The van der Waals surface area contributed by atoms with Gasteiger partial charge in [-0.3, -0.25) is 15.0 Å². The number of rotatable bonds is 5. The van der Waals surface area contributed by atoms with Crippen molar-refractivity contribution in [2.24, 2.45) is 0 Å². The summed E-state index contributed by atoms with van der Waals surface area (Å²) in [7, 11) is 0. The molecule has 0 aliphatic carbocycles. The molecule has 0 radical (unpaired) electrons. The number of fused-ring (bicyclic) bond motifs is 3. The molecule has 8 rings (SSSR count). The fourth-order valence-electron chi connectivity index (χ4n) is 5.82. The van der Waals surface area contributed by atoms with Gasteiger partial charge in [0.15, 0.2) is 0 Å². The average molecular weight is 563 g/mol. The lowest BCUT2D eigenvalue weighted by Gasteiger charge is -2.12. The van der Waals surface area contributed by atoms with Crippen LogP contribution in [0.2, 0.25) is 0 Å². The van der Waals surface area contributed by atoms with Crippen LogP contribution in [0.4, 0.5) is 0 Å². The van der Waals surface area contributed by atoms with Crippen molar-refractivity contribution < 1.29 is 0 Å². The van der Waals surface area contributed by atoms with Crippen molar-refractivity contribution in [3.63, 3.8) is 0 Å². The van der Waals surface area contributed by atoms with E-state index in [2.05, 4.69) is 124 Å². The van der Waals surface area contributed by atoms with Crippen LogP contribution in [-0.2, 0) is 0 Å². The molecule has 4 aromatic heterocycles. The highest BCUT2D eigenvalue weighted by atomic mass is 14.7. The Morgan fingerprint density at radius 3 is 1.45 bits per heavy atom. The molecule has 0 saturated heterocycles. The van der Waals surface area contributed by atoms with E-state index < -0.39 is 0 Å². The topological polar surface area (TPSA) is 51.6 Å². The second-order valence-electron chi connectivity index (χ2n) is 10.9. The molecule has 206 valence electrons. The van der Waals surface area contributed by atoms with Crippen LogP contribution in [0.15, 0.2) is 158 Å². The molecule has 4 heteroatoms. The second kappa shape index (κ2) is 11.0. The van der Waals surface area contributed by atoms with Crippen LogP contribution in [0, 0.1) is 0 Å². The fourth-order valence-corrected chi connectivity index (χ4v) is 5.82. The van der Waals surface area contributed by atoms with Crippen LogP contribution >= 0.6 is 0 Å². The first-order valence-corrected chi connectivity index (χ1v) is 14.6. The van der Waals surface area contributed by atoms with E-state index in [1.807, 2.05) is 36.8 Å². The third kappa shape index (κ3) is 4.89. The fraction of sp³-hybridized carbons (Fsp3) is 0. The lowest BCUT2D eigenvalue weighted by molar-refractivity contribution is 1.32. The second-order valence-corrected chi connectivity index (χ2v) is 10.9. The summed E-state index contributed by atoms with van der Waals surface area (Å²) in [6, 6.07) is 44.7. The first kappa shape index (κ1) is 25.7. The van der Waals surface area contributed by atoms with E-state index in [-0.39, 0.29) is 0 Å². The van der Waals surface area contributed by atoms with E-state index in [9.17, 15) is 0 Å². The molecule has 0 unspecified atom stereocenters. The molecule has 0 amide bonds. The van der Waals surface area contributed by atoms with E-state index >= 15 is 0 Å². The highest BCUT2D eigenvalue weighted by molar-refractivity contribution is 6.03. The normalized spacial score (nSPS) is 11.2. The van der Waals surface area contributed by atoms with E-state index in [4.69, 9.17) is 4.98 Å². The Morgan fingerprint density at radius 2 is 0.818 bits per heavy atom. The molecular weight excluding hydrogens is 536 g/mol. The van der Waals surface area contributed by atoms with Gasteiger partial charge >= 0.3 is 0 Å². The van der Waals surface area contributed by atoms with Crippen LogP contribution < -0.4 is 0 Å². The minimum Gasteiger partial charge on any atom is -0.264 e. The highest BCUT2D eigenvalue weighted by Gasteiger charge is 2.11. The van der Waals surface area contributed by atoms with Gasteiger partial charge in [-0.05, 0) is 88.0 Å². The molecule has 4 aromatic carbocycles. The number of benzene rings is 4. The molecule has 8 aromatic rings. The Balaban J connectivity index is 1.20.